The van der Waals surface area contributed by atoms with Gasteiger partial charge in [-0.15, -0.1) is 0 Å². The summed E-state index contributed by atoms with van der Waals surface area (Å²) in [5.41, 5.74) is 0.675. The zero-order valence-corrected chi connectivity index (χ0v) is 12.8. The molecule has 1 fully saturated rings. The molecule has 1 unspecified atom stereocenters. The van der Waals surface area contributed by atoms with Crippen molar-refractivity contribution < 1.29 is 23.7 Å². The molecule has 6 nitrogen and oxygen atoms in total. The smallest absolute Gasteiger partial charge is 0.327 e. The molecule has 1 aromatic carbocycles. The maximum Gasteiger partial charge on any atom is 0.327 e. The quantitative estimate of drug-likeness (QED) is 0.772. The summed E-state index contributed by atoms with van der Waals surface area (Å²) in [4.78, 5) is 12.1. The molecule has 1 saturated carbocycles. The number of hydrogen-bond acceptors (Lipinski definition) is 6. The number of carbonyl (C=O) groups is 1. The van der Waals surface area contributed by atoms with Gasteiger partial charge in [0.1, 0.15) is 11.8 Å². The van der Waals surface area contributed by atoms with E-state index in [9.17, 15) is 4.79 Å². The van der Waals surface area contributed by atoms with Crippen molar-refractivity contribution >= 4 is 5.97 Å². The molecule has 0 saturated heterocycles. The highest BCUT2D eigenvalue weighted by molar-refractivity contribution is 5.79. The third kappa shape index (κ3) is 3.39. The van der Waals surface area contributed by atoms with Crippen molar-refractivity contribution in [1.82, 2.24) is 5.32 Å². The van der Waals surface area contributed by atoms with E-state index in [1.165, 1.54) is 7.11 Å². The summed E-state index contributed by atoms with van der Waals surface area (Å²) in [6.07, 6.45) is 2.12. The molecule has 1 aromatic rings. The highest BCUT2D eigenvalue weighted by Crippen LogP contribution is 2.38. The molecule has 1 atom stereocenters. The topological polar surface area (TPSA) is 66.0 Å². The lowest BCUT2D eigenvalue weighted by Gasteiger charge is -2.21. The normalized spacial score (nSPS) is 15.2. The molecular weight excluding hydrogens is 274 g/mol. The Labute approximate surface area is 124 Å². The van der Waals surface area contributed by atoms with Crippen LogP contribution >= 0.6 is 0 Å². The van der Waals surface area contributed by atoms with Gasteiger partial charge in [0.15, 0.2) is 11.5 Å². The van der Waals surface area contributed by atoms with E-state index >= 15 is 0 Å². The van der Waals surface area contributed by atoms with Gasteiger partial charge in [0.2, 0.25) is 0 Å². The molecule has 0 heterocycles. The monoisotopic (exact) mass is 295 g/mol. The van der Waals surface area contributed by atoms with Crippen LogP contribution in [-0.2, 0) is 9.53 Å². The average Bonchev–Trinajstić information content (AvgIpc) is 3.34. The van der Waals surface area contributed by atoms with Crippen molar-refractivity contribution in [3.05, 3.63) is 17.7 Å². The van der Waals surface area contributed by atoms with E-state index in [0.29, 0.717) is 28.9 Å². The SMILES string of the molecule is COC(=O)C(NC1CC1)c1cc(OC)c(OC)cc1OC. The summed E-state index contributed by atoms with van der Waals surface area (Å²) in [7, 11) is 6.03. The number of hydrogen-bond donors (Lipinski definition) is 1. The van der Waals surface area contributed by atoms with Crippen molar-refractivity contribution in [2.75, 3.05) is 28.4 Å². The number of nitrogens with one attached hydrogen (secondary N) is 1. The van der Waals surface area contributed by atoms with Crippen molar-refractivity contribution in [2.45, 2.75) is 24.9 Å². The number of benzene rings is 1. The lowest BCUT2D eigenvalue weighted by Crippen LogP contribution is -2.31. The van der Waals surface area contributed by atoms with Crippen LogP contribution in [0.3, 0.4) is 0 Å². The predicted molar refractivity (Wildman–Crippen MR) is 77.0 cm³/mol. The first-order valence-electron chi connectivity index (χ1n) is 6.78. The number of methoxy groups -OCH3 is 4. The Balaban J connectivity index is 2.43. The van der Waals surface area contributed by atoms with Crippen molar-refractivity contribution in [2.24, 2.45) is 0 Å². The molecule has 2 rings (SSSR count). The summed E-state index contributed by atoms with van der Waals surface area (Å²) in [5.74, 6) is 1.29. The second kappa shape index (κ2) is 6.67. The molecule has 6 heteroatoms. The zero-order valence-electron chi connectivity index (χ0n) is 12.8. The lowest BCUT2D eigenvalue weighted by molar-refractivity contribution is -0.143. The highest BCUT2D eigenvalue weighted by atomic mass is 16.5. The van der Waals surface area contributed by atoms with Crippen molar-refractivity contribution in [3.8, 4) is 17.2 Å². The molecule has 0 amide bonds. The number of rotatable bonds is 7. The Kier molecular flexibility index (Phi) is 4.90. The number of carbonyl (C=O) groups excluding carboxylic acids is 1. The van der Waals surface area contributed by atoms with E-state index in [-0.39, 0.29) is 5.97 Å². The van der Waals surface area contributed by atoms with Crippen LogP contribution in [0.2, 0.25) is 0 Å². The van der Waals surface area contributed by atoms with Gasteiger partial charge in [-0.25, -0.2) is 4.79 Å². The van der Waals surface area contributed by atoms with Gasteiger partial charge in [0, 0.05) is 17.7 Å². The third-order valence-corrected chi connectivity index (χ3v) is 3.46. The van der Waals surface area contributed by atoms with E-state index < -0.39 is 6.04 Å². The van der Waals surface area contributed by atoms with Gasteiger partial charge < -0.3 is 18.9 Å². The minimum Gasteiger partial charge on any atom is -0.496 e. The molecule has 1 aliphatic carbocycles. The first kappa shape index (κ1) is 15.4. The van der Waals surface area contributed by atoms with E-state index in [0.717, 1.165) is 12.8 Å². The van der Waals surface area contributed by atoms with Crippen LogP contribution in [0.15, 0.2) is 12.1 Å². The Morgan fingerprint density at radius 1 is 1.05 bits per heavy atom. The van der Waals surface area contributed by atoms with Gasteiger partial charge in [-0.2, -0.15) is 0 Å². The lowest BCUT2D eigenvalue weighted by atomic mass is 10.0. The molecule has 0 aromatic heterocycles. The summed E-state index contributed by atoms with van der Waals surface area (Å²) in [5, 5.41) is 3.27. The van der Waals surface area contributed by atoms with Crippen LogP contribution in [0, 0.1) is 0 Å². The van der Waals surface area contributed by atoms with Crippen LogP contribution in [0.5, 0.6) is 17.2 Å². The zero-order chi connectivity index (χ0) is 15.4. The van der Waals surface area contributed by atoms with E-state index in [1.54, 1.807) is 33.5 Å². The maximum atomic E-state index is 12.1. The van der Waals surface area contributed by atoms with Gasteiger partial charge in [0.05, 0.1) is 28.4 Å². The second-order valence-corrected chi connectivity index (χ2v) is 4.85. The Morgan fingerprint density at radius 3 is 2.10 bits per heavy atom. The fourth-order valence-corrected chi connectivity index (χ4v) is 2.17. The van der Waals surface area contributed by atoms with E-state index in [2.05, 4.69) is 5.32 Å². The molecule has 0 aliphatic heterocycles. The Morgan fingerprint density at radius 2 is 1.62 bits per heavy atom. The van der Waals surface area contributed by atoms with E-state index in [4.69, 9.17) is 18.9 Å². The Hall–Kier alpha value is -1.95. The van der Waals surface area contributed by atoms with Gasteiger partial charge in [-0.1, -0.05) is 0 Å². The average molecular weight is 295 g/mol. The first-order valence-corrected chi connectivity index (χ1v) is 6.78. The van der Waals surface area contributed by atoms with E-state index in [1.807, 2.05) is 0 Å². The van der Waals surface area contributed by atoms with Crippen molar-refractivity contribution in [1.29, 1.82) is 0 Å². The van der Waals surface area contributed by atoms with Crippen LogP contribution < -0.4 is 19.5 Å². The summed E-state index contributed by atoms with van der Waals surface area (Å²) < 4.78 is 20.8. The van der Waals surface area contributed by atoms with Crippen molar-refractivity contribution in [3.63, 3.8) is 0 Å². The fourth-order valence-electron chi connectivity index (χ4n) is 2.17. The molecule has 116 valence electrons. The van der Waals surface area contributed by atoms with Gasteiger partial charge in [-0.3, -0.25) is 5.32 Å². The number of esters is 1. The molecule has 1 N–H and O–H groups in total. The highest BCUT2D eigenvalue weighted by Gasteiger charge is 2.32. The molecule has 0 radical (unpaired) electrons. The molecular formula is C15H21NO5. The second-order valence-electron chi connectivity index (χ2n) is 4.85. The van der Waals surface area contributed by atoms with Gasteiger partial charge in [0.25, 0.3) is 0 Å². The van der Waals surface area contributed by atoms with Crippen LogP contribution in [0.4, 0.5) is 0 Å². The fraction of sp³-hybridized carbons (Fsp3) is 0.533. The maximum absolute atomic E-state index is 12.1. The first-order chi connectivity index (χ1) is 10.1. The number of ether oxygens (including phenoxy) is 4. The van der Waals surface area contributed by atoms with Gasteiger partial charge in [-0.05, 0) is 18.9 Å². The summed E-state index contributed by atoms with van der Waals surface area (Å²) >= 11 is 0. The summed E-state index contributed by atoms with van der Waals surface area (Å²) in [6.45, 7) is 0. The van der Waals surface area contributed by atoms with Gasteiger partial charge >= 0.3 is 5.97 Å². The Bertz CT molecular complexity index is 513. The molecule has 21 heavy (non-hydrogen) atoms. The predicted octanol–water partition coefficient (Wildman–Crippen LogP) is 1.68. The van der Waals surface area contributed by atoms with Crippen LogP contribution in [0.25, 0.3) is 0 Å². The standard InChI is InChI=1S/C15H21NO5/c1-18-11-8-13(20-3)12(19-2)7-10(11)14(15(17)21-4)16-9-5-6-9/h7-9,14,16H,5-6H2,1-4H3. The van der Waals surface area contributed by atoms with Crippen LogP contribution in [0.1, 0.15) is 24.4 Å². The molecule has 0 spiro atoms. The molecule has 1 aliphatic rings. The minimum absolute atomic E-state index is 0.340. The summed E-state index contributed by atoms with van der Waals surface area (Å²) in [6, 6.07) is 3.21. The largest absolute Gasteiger partial charge is 0.496 e. The minimum atomic E-state index is -0.586. The molecule has 0 bridgehead atoms. The third-order valence-electron chi connectivity index (χ3n) is 3.46. The van der Waals surface area contributed by atoms with Crippen LogP contribution in [-0.4, -0.2) is 40.5 Å².